The van der Waals surface area contributed by atoms with Gasteiger partial charge in [0.25, 0.3) is 20.0 Å². The zero-order valence-electron chi connectivity index (χ0n) is 22.5. The van der Waals surface area contributed by atoms with Gasteiger partial charge in [0.2, 0.25) is 5.91 Å². The molecule has 4 aromatic rings. The second-order valence-electron chi connectivity index (χ2n) is 9.18. The quantitative estimate of drug-likeness (QED) is 0.240. The zero-order chi connectivity index (χ0) is 29.8. The van der Waals surface area contributed by atoms with Crippen LogP contribution >= 0.6 is 11.6 Å². The molecule has 0 saturated carbocycles. The van der Waals surface area contributed by atoms with Gasteiger partial charge >= 0.3 is 0 Å². The molecule has 0 spiro atoms. The van der Waals surface area contributed by atoms with Crippen molar-refractivity contribution in [2.75, 3.05) is 28.0 Å². The van der Waals surface area contributed by atoms with E-state index >= 15 is 0 Å². The van der Waals surface area contributed by atoms with E-state index in [4.69, 9.17) is 16.3 Å². The average molecular weight is 614 g/mol. The van der Waals surface area contributed by atoms with Crippen LogP contribution in [0.15, 0.2) is 101 Å². The highest BCUT2D eigenvalue weighted by Gasteiger charge is 2.29. The van der Waals surface area contributed by atoms with E-state index in [0.717, 1.165) is 15.4 Å². The van der Waals surface area contributed by atoms with Gasteiger partial charge in [0.05, 0.1) is 22.6 Å². The van der Waals surface area contributed by atoms with Crippen LogP contribution in [-0.4, -0.2) is 36.4 Å². The van der Waals surface area contributed by atoms with Crippen molar-refractivity contribution >= 4 is 54.6 Å². The number of amides is 1. The van der Waals surface area contributed by atoms with Crippen LogP contribution in [0.3, 0.4) is 0 Å². The van der Waals surface area contributed by atoms with Crippen molar-refractivity contribution in [1.29, 1.82) is 0 Å². The van der Waals surface area contributed by atoms with Crippen LogP contribution in [0.4, 0.5) is 17.1 Å². The second kappa shape index (κ2) is 12.2. The summed E-state index contributed by atoms with van der Waals surface area (Å²) < 4.78 is 61.9. The molecule has 0 heterocycles. The molecule has 0 saturated heterocycles. The molecule has 0 fully saturated rings. The van der Waals surface area contributed by atoms with Crippen molar-refractivity contribution in [2.24, 2.45) is 0 Å². The van der Waals surface area contributed by atoms with Crippen LogP contribution in [0.25, 0.3) is 0 Å². The highest BCUT2D eigenvalue weighted by Crippen LogP contribution is 2.33. The van der Waals surface area contributed by atoms with Gasteiger partial charge in [-0.1, -0.05) is 35.4 Å². The average Bonchev–Trinajstić information content (AvgIpc) is 2.93. The van der Waals surface area contributed by atoms with Crippen LogP contribution in [0.5, 0.6) is 5.75 Å². The molecule has 0 aliphatic carbocycles. The standard InChI is InChI=1S/C29H28ClN3O6S2/c1-20-4-13-26(14-5-20)41(37,38)33(27-18-21(2)6-17-28(27)39-3)19-29(34)31-23-11-15-25(16-12-23)40(35,36)32-24-9-7-22(30)8-10-24/h4-18,32H,19H2,1-3H3,(H,31,34). The molecular formula is C29H28ClN3O6S2. The van der Waals surface area contributed by atoms with Gasteiger partial charge < -0.3 is 10.1 Å². The highest BCUT2D eigenvalue weighted by atomic mass is 35.5. The first-order valence-electron chi connectivity index (χ1n) is 12.3. The first-order chi connectivity index (χ1) is 19.4. The molecule has 2 N–H and O–H groups in total. The number of rotatable bonds is 10. The van der Waals surface area contributed by atoms with Gasteiger partial charge in [-0.05, 0) is 92.2 Å². The van der Waals surface area contributed by atoms with E-state index in [-0.39, 0.29) is 26.9 Å². The van der Waals surface area contributed by atoms with Crippen LogP contribution in [0.2, 0.25) is 5.02 Å². The van der Waals surface area contributed by atoms with E-state index in [1.54, 1.807) is 49.4 Å². The first kappa shape index (κ1) is 29.9. The monoisotopic (exact) mass is 613 g/mol. The normalized spacial score (nSPS) is 11.5. The maximum atomic E-state index is 13.7. The Morgan fingerprint density at radius 2 is 1.34 bits per heavy atom. The fourth-order valence-electron chi connectivity index (χ4n) is 3.91. The van der Waals surface area contributed by atoms with Crippen molar-refractivity contribution in [3.63, 3.8) is 0 Å². The van der Waals surface area contributed by atoms with Crippen LogP contribution in [-0.2, 0) is 24.8 Å². The predicted octanol–water partition coefficient (Wildman–Crippen LogP) is 5.60. The predicted molar refractivity (Wildman–Crippen MR) is 161 cm³/mol. The molecule has 0 bridgehead atoms. The molecule has 41 heavy (non-hydrogen) atoms. The van der Waals surface area contributed by atoms with E-state index in [9.17, 15) is 21.6 Å². The van der Waals surface area contributed by atoms with E-state index in [1.165, 1.54) is 55.6 Å². The third-order valence-corrected chi connectivity index (χ3v) is 9.47. The molecule has 214 valence electrons. The number of hydrogen-bond donors (Lipinski definition) is 2. The van der Waals surface area contributed by atoms with Gasteiger partial charge in [-0.2, -0.15) is 0 Å². The minimum atomic E-state index is -4.17. The Morgan fingerprint density at radius 1 is 0.780 bits per heavy atom. The number of aryl methyl sites for hydroxylation is 2. The molecular weight excluding hydrogens is 586 g/mol. The van der Waals surface area contributed by atoms with Gasteiger partial charge in [0.15, 0.2) is 0 Å². The largest absolute Gasteiger partial charge is 0.495 e. The summed E-state index contributed by atoms with van der Waals surface area (Å²) in [5, 5.41) is 3.12. The number of ether oxygens (including phenoxy) is 1. The fourth-order valence-corrected chi connectivity index (χ4v) is 6.52. The lowest BCUT2D eigenvalue weighted by atomic mass is 10.2. The molecule has 4 aromatic carbocycles. The summed E-state index contributed by atoms with van der Waals surface area (Å²) in [7, 11) is -6.65. The third kappa shape index (κ3) is 7.18. The number of carbonyl (C=O) groups is 1. The first-order valence-corrected chi connectivity index (χ1v) is 15.6. The lowest BCUT2D eigenvalue weighted by Gasteiger charge is -2.26. The molecule has 0 atom stereocenters. The Labute approximate surface area is 244 Å². The van der Waals surface area contributed by atoms with Crippen molar-refractivity contribution in [3.05, 3.63) is 107 Å². The Bertz CT molecular complexity index is 1760. The van der Waals surface area contributed by atoms with Crippen LogP contribution in [0.1, 0.15) is 11.1 Å². The maximum absolute atomic E-state index is 13.7. The molecule has 0 radical (unpaired) electrons. The number of sulfonamides is 2. The summed E-state index contributed by atoms with van der Waals surface area (Å²) in [6.45, 7) is 3.08. The topological polar surface area (TPSA) is 122 Å². The molecule has 0 unspecified atom stereocenters. The Balaban J connectivity index is 1.58. The minimum Gasteiger partial charge on any atom is -0.495 e. The van der Waals surface area contributed by atoms with Gasteiger partial charge in [-0.25, -0.2) is 16.8 Å². The third-order valence-electron chi connectivity index (χ3n) is 6.04. The van der Waals surface area contributed by atoms with Gasteiger partial charge in [0.1, 0.15) is 12.3 Å². The fraction of sp³-hybridized carbons (Fsp3) is 0.138. The number of halogens is 1. The summed E-state index contributed by atoms with van der Waals surface area (Å²) >= 11 is 5.85. The second-order valence-corrected chi connectivity index (χ2v) is 13.2. The highest BCUT2D eigenvalue weighted by molar-refractivity contribution is 7.93. The number of nitrogens with one attached hydrogen (secondary N) is 2. The zero-order valence-corrected chi connectivity index (χ0v) is 24.8. The van der Waals surface area contributed by atoms with Gasteiger partial charge in [-0.15, -0.1) is 0 Å². The number of hydrogen-bond acceptors (Lipinski definition) is 6. The summed E-state index contributed by atoms with van der Waals surface area (Å²) in [6, 6.07) is 23.0. The minimum absolute atomic E-state index is 0.0159. The number of carbonyl (C=O) groups excluding carboxylic acids is 1. The Morgan fingerprint density at radius 3 is 1.95 bits per heavy atom. The summed E-state index contributed by atoms with van der Waals surface area (Å²) in [6.07, 6.45) is 0. The lowest BCUT2D eigenvalue weighted by Crippen LogP contribution is -2.38. The molecule has 12 heteroatoms. The maximum Gasteiger partial charge on any atom is 0.264 e. The van der Waals surface area contributed by atoms with Crippen molar-refractivity contribution in [3.8, 4) is 5.75 Å². The molecule has 4 rings (SSSR count). The summed E-state index contributed by atoms with van der Waals surface area (Å²) in [4.78, 5) is 13.2. The van der Waals surface area contributed by atoms with Crippen LogP contribution in [0, 0.1) is 13.8 Å². The molecule has 0 aromatic heterocycles. The van der Waals surface area contributed by atoms with E-state index in [2.05, 4.69) is 10.0 Å². The molecule has 1 amide bonds. The van der Waals surface area contributed by atoms with E-state index < -0.39 is 32.5 Å². The molecule has 0 aliphatic heterocycles. The lowest BCUT2D eigenvalue weighted by molar-refractivity contribution is -0.114. The number of anilines is 3. The summed E-state index contributed by atoms with van der Waals surface area (Å²) in [5.41, 5.74) is 2.49. The summed E-state index contributed by atoms with van der Waals surface area (Å²) in [5.74, 6) is -0.360. The smallest absolute Gasteiger partial charge is 0.264 e. The van der Waals surface area contributed by atoms with Gasteiger partial charge in [0, 0.05) is 16.4 Å². The Kier molecular flexibility index (Phi) is 8.91. The molecule has 0 aliphatic rings. The number of benzene rings is 4. The molecule has 9 nitrogen and oxygen atoms in total. The van der Waals surface area contributed by atoms with Crippen molar-refractivity contribution in [2.45, 2.75) is 23.6 Å². The van der Waals surface area contributed by atoms with Crippen molar-refractivity contribution in [1.82, 2.24) is 0 Å². The SMILES string of the molecule is COc1ccc(C)cc1N(CC(=O)Nc1ccc(S(=O)(=O)Nc2ccc(Cl)cc2)cc1)S(=O)(=O)c1ccc(C)cc1. The van der Waals surface area contributed by atoms with Crippen molar-refractivity contribution < 1.29 is 26.4 Å². The Hall–Kier alpha value is -4.06. The van der Waals surface area contributed by atoms with Crippen LogP contribution < -0.4 is 19.1 Å². The van der Waals surface area contributed by atoms with E-state index in [0.29, 0.717) is 10.7 Å². The number of methoxy groups -OCH3 is 1. The van der Waals surface area contributed by atoms with E-state index in [1.807, 2.05) is 6.92 Å². The number of nitrogens with zero attached hydrogens (tertiary/aromatic N) is 1. The van der Waals surface area contributed by atoms with Gasteiger partial charge in [-0.3, -0.25) is 13.8 Å².